The van der Waals surface area contributed by atoms with Crippen LogP contribution in [0.4, 0.5) is 0 Å². The second-order valence-corrected chi connectivity index (χ2v) is 4.83. The Hall–Kier alpha value is -2.28. The third-order valence-electron chi connectivity index (χ3n) is 3.73. The van der Waals surface area contributed by atoms with Gasteiger partial charge < -0.3 is 4.98 Å². The fraction of sp³-hybridized carbons (Fsp3) is 0.0588. The average Bonchev–Trinajstić information content (AvgIpc) is 2.78. The van der Waals surface area contributed by atoms with Crippen LogP contribution in [0.5, 0.6) is 0 Å². The number of aromatic nitrogens is 1. The summed E-state index contributed by atoms with van der Waals surface area (Å²) in [5, 5.41) is 5.27. The molecule has 0 fully saturated rings. The molecule has 0 saturated carbocycles. The van der Waals surface area contributed by atoms with Crippen molar-refractivity contribution < 1.29 is 0 Å². The molecule has 1 heterocycles. The highest BCUT2D eigenvalue weighted by Gasteiger charge is 2.08. The second-order valence-electron chi connectivity index (χ2n) is 4.83. The zero-order chi connectivity index (χ0) is 12.1. The summed E-state index contributed by atoms with van der Waals surface area (Å²) in [7, 11) is 0. The van der Waals surface area contributed by atoms with Crippen molar-refractivity contribution >= 4 is 32.6 Å². The number of rotatable bonds is 0. The molecule has 1 N–H and O–H groups in total. The van der Waals surface area contributed by atoms with Crippen LogP contribution in [0.15, 0.2) is 54.6 Å². The summed E-state index contributed by atoms with van der Waals surface area (Å²) in [5.41, 5.74) is 3.79. The first-order chi connectivity index (χ1) is 8.84. The molecule has 4 rings (SSSR count). The molecule has 0 aliphatic rings. The summed E-state index contributed by atoms with van der Waals surface area (Å²) in [6, 6.07) is 19.4. The Morgan fingerprint density at radius 2 is 1.39 bits per heavy atom. The van der Waals surface area contributed by atoms with Crippen molar-refractivity contribution in [1.82, 2.24) is 4.98 Å². The van der Waals surface area contributed by atoms with Gasteiger partial charge in [-0.25, -0.2) is 0 Å². The molecule has 0 aliphatic heterocycles. The van der Waals surface area contributed by atoms with Gasteiger partial charge in [-0.2, -0.15) is 0 Å². The van der Waals surface area contributed by atoms with Gasteiger partial charge in [0.25, 0.3) is 0 Å². The van der Waals surface area contributed by atoms with E-state index in [2.05, 4.69) is 66.5 Å². The molecule has 0 saturated heterocycles. The van der Waals surface area contributed by atoms with Gasteiger partial charge >= 0.3 is 0 Å². The van der Waals surface area contributed by atoms with Crippen LogP contribution in [0, 0.1) is 6.92 Å². The molecule has 1 heteroatoms. The largest absolute Gasteiger partial charge is 0.354 e. The Morgan fingerprint density at radius 1 is 0.722 bits per heavy atom. The van der Waals surface area contributed by atoms with Gasteiger partial charge in [-0.3, -0.25) is 0 Å². The highest BCUT2D eigenvalue weighted by molar-refractivity contribution is 6.17. The van der Waals surface area contributed by atoms with E-state index in [0.29, 0.717) is 0 Å². The lowest BCUT2D eigenvalue weighted by molar-refractivity contribution is 1.53. The first-order valence-corrected chi connectivity index (χ1v) is 6.23. The second kappa shape index (κ2) is 3.36. The van der Waals surface area contributed by atoms with E-state index in [1.165, 1.54) is 38.1 Å². The Balaban J connectivity index is 2.36. The number of aryl methyl sites for hydroxylation is 1. The third kappa shape index (κ3) is 1.16. The van der Waals surface area contributed by atoms with E-state index >= 15 is 0 Å². The summed E-state index contributed by atoms with van der Waals surface area (Å²) in [4.78, 5) is 3.55. The van der Waals surface area contributed by atoms with Gasteiger partial charge in [0.1, 0.15) is 0 Å². The lowest BCUT2D eigenvalue weighted by Crippen LogP contribution is -1.80. The predicted octanol–water partition coefficient (Wildman–Crippen LogP) is 4.78. The molecule has 0 spiro atoms. The smallest absolute Gasteiger partial charge is 0.0544 e. The van der Waals surface area contributed by atoms with E-state index in [9.17, 15) is 0 Å². The fourth-order valence-electron chi connectivity index (χ4n) is 2.87. The monoisotopic (exact) mass is 231 g/mol. The molecule has 0 aliphatic carbocycles. The molecule has 1 aromatic heterocycles. The predicted molar refractivity (Wildman–Crippen MR) is 78.0 cm³/mol. The number of H-pyrrole nitrogens is 1. The number of nitrogens with one attached hydrogen (secondary N) is 1. The van der Waals surface area contributed by atoms with Gasteiger partial charge in [0, 0.05) is 21.7 Å². The maximum atomic E-state index is 3.55. The average molecular weight is 231 g/mol. The Kier molecular flexibility index (Phi) is 1.81. The number of fused-ring (bicyclic) bond motifs is 5. The Bertz CT molecular complexity index is 884. The lowest BCUT2D eigenvalue weighted by atomic mass is 10.0. The third-order valence-corrected chi connectivity index (χ3v) is 3.73. The zero-order valence-corrected chi connectivity index (χ0v) is 10.2. The standard InChI is InChI=1S/C17H13N/c1-11-10-15-13-7-4-5-9-16(13)18-17(15)14-8-3-2-6-12(11)14/h2-10,18H,1H3. The Morgan fingerprint density at radius 3 is 2.22 bits per heavy atom. The maximum absolute atomic E-state index is 3.55. The van der Waals surface area contributed by atoms with Crippen molar-refractivity contribution in [3.63, 3.8) is 0 Å². The van der Waals surface area contributed by atoms with Crippen LogP contribution in [0.25, 0.3) is 32.6 Å². The van der Waals surface area contributed by atoms with Crippen LogP contribution in [-0.4, -0.2) is 4.98 Å². The van der Waals surface area contributed by atoms with Crippen LogP contribution in [-0.2, 0) is 0 Å². The van der Waals surface area contributed by atoms with E-state index in [4.69, 9.17) is 0 Å². The van der Waals surface area contributed by atoms with Crippen LogP contribution >= 0.6 is 0 Å². The summed E-state index contributed by atoms with van der Waals surface area (Å²) < 4.78 is 0. The quantitative estimate of drug-likeness (QED) is 0.448. The van der Waals surface area contributed by atoms with Gasteiger partial charge in [-0.1, -0.05) is 42.5 Å². The van der Waals surface area contributed by atoms with Crippen molar-refractivity contribution in [2.45, 2.75) is 6.92 Å². The number of hydrogen-bond acceptors (Lipinski definition) is 0. The first kappa shape index (κ1) is 9.72. The molecule has 3 aromatic carbocycles. The van der Waals surface area contributed by atoms with E-state index < -0.39 is 0 Å². The van der Waals surface area contributed by atoms with Crippen molar-refractivity contribution in [2.24, 2.45) is 0 Å². The fourth-order valence-corrected chi connectivity index (χ4v) is 2.87. The van der Waals surface area contributed by atoms with E-state index in [0.717, 1.165) is 0 Å². The number of hydrogen-bond donors (Lipinski definition) is 1. The zero-order valence-electron chi connectivity index (χ0n) is 10.2. The highest BCUT2D eigenvalue weighted by atomic mass is 14.7. The molecule has 0 unspecified atom stereocenters. The molecule has 86 valence electrons. The Labute approximate surface area is 105 Å². The van der Waals surface area contributed by atoms with Crippen LogP contribution in [0.2, 0.25) is 0 Å². The minimum Gasteiger partial charge on any atom is -0.354 e. The summed E-state index contributed by atoms with van der Waals surface area (Å²) in [5.74, 6) is 0. The van der Waals surface area contributed by atoms with Crippen LogP contribution in [0.3, 0.4) is 0 Å². The minimum atomic E-state index is 1.21. The molecular formula is C17H13N. The molecule has 0 radical (unpaired) electrons. The van der Waals surface area contributed by atoms with Crippen molar-refractivity contribution in [3.05, 3.63) is 60.2 Å². The first-order valence-electron chi connectivity index (χ1n) is 6.23. The summed E-state index contributed by atoms with van der Waals surface area (Å²) >= 11 is 0. The molecule has 18 heavy (non-hydrogen) atoms. The molecule has 0 amide bonds. The van der Waals surface area contributed by atoms with Gasteiger partial charge in [0.2, 0.25) is 0 Å². The minimum absolute atomic E-state index is 1.21. The molecule has 4 aromatic rings. The van der Waals surface area contributed by atoms with E-state index in [1.807, 2.05) is 0 Å². The molecule has 0 bridgehead atoms. The highest BCUT2D eigenvalue weighted by Crippen LogP contribution is 2.32. The van der Waals surface area contributed by atoms with Gasteiger partial charge in [-0.05, 0) is 30.0 Å². The van der Waals surface area contributed by atoms with Gasteiger partial charge in [-0.15, -0.1) is 0 Å². The molecule has 0 atom stereocenters. The topological polar surface area (TPSA) is 15.8 Å². The SMILES string of the molecule is Cc1cc2c3ccccc3[nH]c2c2ccccc12. The number of para-hydroxylation sites is 1. The number of benzene rings is 3. The van der Waals surface area contributed by atoms with E-state index in [-0.39, 0.29) is 0 Å². The van der Waals surface area contributed by atoms with Crippen molar-refractivity contribution in [3.8, 4) is 0 Å². The lowest BCUT2D eigenvalue weighted by Gasteiger charge is -2.03. The van der Waals surface area contributed by atoms with Gasteiger partial charge in [0.15, 0.2) is 0 Å². The summed E-state index contributed by atoms with van der Waals surface area (Å²) in [6.45, 7) is 2.18. The normalized spacial score (nSPS) is 11.6. The van der Waals surface area contributed by atoms with Crippen LogP contribution < -0.4 is 0 Å². The van der Waals surface area contributed by atoms with Gasteiger partial charge in [0.05, 0.1) is 5.52 Å². The van der Waals surface area contributed by atoms with Crippen molar-refractivity contribution in [2.75, 3.05) is 0 Å². The summed E-state index contributed by atoms with van der Waals surface area (Å²) in [6.07, 6.45) is 0. The van der Waals surface area contributed by atoms with Crippen LogP contribution in [0.1, 0.15) is 5.56 Å². The maximum Gasteiger partial charge on any atom is 0.0544 e. The van der Waals surface area contributed by atoms with E-state index in [1.54, 1.807) is 0 Å². The van der Waals surface area contributed by atoms with Crippen molar-refractivity contribution in [1.29, 1.82) is 0 Å². The molecular weight excluding hydrogens is 218 g/mol. The molecule has 1 nitrogen and oxygen atoms in total. The number of aromatic amines is 1.